The molecule has 0 spiro atoms. The monoisotopic (exact) mass is 407 g/mol. The van der Waals surface area contributed by atoms with E-state index in [-0.39, 0.29) is 18.0 Å². The first-order valence-corrected chi connectivity index (χ1v) is 8.63. The summed E-state index contributed by atoms with van der Waals surface area (Å²) in [6.07, 6.45) is 0.324. The van der Waals surface area contributed by atoms with Gasteiger partial charge in [-0.2, -0.15) is 0 Å². The first-order valence-electron chi connectivity index (χ1n) is 7.46. The van der Waals surface area contributed by atoms with Crippen molar-refractivity contribution in [2.75, 3.05) is 5.32 Å². The zero-order chi connectivity index (χ0) is 17.3. The van der Waals surface area contributed by atoms with Crippen LogP contribution in [0.15, 0.2) is 46.9 Å². The quantitative estimate of drug-likeness (QED) is 0.805. The van der Waals surface area contributed by atoms with Crippen molar-refractivity contribution in [1.82, 2.24) is 10.4 Å². The van der Waals surface area contributed by atoms with Crippen molar-refractivity contribution >= 4 is 45.0 Å². The molecule has 5 nitrogen and oxygen atoms in total. The van der Waals surface area contributed by atoms with Crippen LogP contribution in [0, 0.1) is 0 Å². The highest BCUT2D eigenvalue weighted by Crippen LogP contribution is 2.28. The lowest BCUT2D eigenvalue weighted by Gasteiger charge is -2.37. The molecule has 1 unspecified atom stereocenters. The van der Waals surface area contributed by atoms with Gasteiger partial charge < -0.3 is 5.32 Å². The topological polar surface area (TPSA) is 61.4 Å². The number of nitrogens with one attached hydrogen (secondary N) is 2. The molecule has 0 radical (unpaired) electrons. The molecular weight excluding hydrogens is 394 g/mol. The number of amides is 2. The van der Waals surface area contributed by atoms with Crippen molar-refractivity contribution in [3.05, 3.63) is 63.1 Å². The molecule has 0 bridgehead atoms. The molecule has 0 fully saturated rings. The molecule has 0 saturated carbocycles. The van der Waals surface area contributed by atoms with E-state index in [2.05, 4.69) is 26.7 Å². The molecule has 1 heterocycles. The summed E-state index contributed by atoms with van der Waals surface area (Å²) in [4.78, 5) is 25.2. The number of hydrogen-bond acceptors (Lipinski definition) is 3. The van der Waals surface area contributed by atoms with Gasteiger partial charge >= 0.3 is 0 Å². The van der Waals surface area contributed by atoms with E-state index in [9.17, 15) is 9.59 Å². The molecule has 124 valence electrons. The summed E-state index contributed by atoms with van der Waals surface area (Å²) in [7, 11) is 0. The fraction of sp³-hybridized carbons (Fsp3) is 0.176. The van der Waals surface area contributed by atoms with Crippen molar-refractivity contribution in [3.8, 4) is 0 Å². The molecule has 2 N–H and O–H groups in total. The average Bonchev–Trinajstić information content (AvgIpc) is 2.58. The highest BCUT2D eigenvalue weighted by Gasteiger charge is 2.32. The second-order valence-electron chi connectivity index (χ2n) is 5.38. The number of nitrogens with zero attached hydrogens (tertiary/aromatic N) is 1. The Labute approximate surface area is 153 Å². The zero-order valence-electron chi connectivity index (χ0n) is 12.8. The molecule has 1 atom stereocenters. The summed E-state index contributed by atoms with van der Waals surface area (Å²) in [6, 6.07) is 12.0. The number of carbonyl (C=O) groups excluding carboxylic acids is 2. The third kappa shape index (κ3) is 3.25. The fourth-order valence-corrected chi connectivity index (χ4v) is 3.01. The van der Waals surface area contributed by atoms with Crippen molar-refractivity contribution in [1.29, 1.82) is 0 Å². The third-order valence-corrected chi connectivity index (χ3v) is 4.52. The van der Waals surface area contributed by atoms with Crippen LogP contribution in [0.4, 0.5) is 5.69 Å². The maximum Gasteiger partial charge on any atom is 0.276 e. The van der Waals surface area contributed by atoms with Gasteiger partial charge in [0.1, 0.15) is 6.17 Å². The largest absolute Gasteiger partial charge is 0.363 e. The summed E-state index contributed by atoms with van der Waals surface area (Å²) >= 11 is 9.20. The predicted octanol–water partition coefficient (Wildman–Crippen LogP) is 4.05. The van der Waals surface area contributed by atoms with Gasteiger partial charge in [-0.3, -0.25) is 15.0 Å². The summed E-state index contributed by atoms with van der Waals surface area (Å²) < 4.78 is 0.801. The van der Waals surface area contributed by atoms with Crippen LogP contribution in [0.1, 0.15) is 34.1 Å². The highest BCUT2D eigenvalue weighted by atomic mass is 79.9. The van der Waals surface area contributed by atoms with Crippen LogP contribution in [-0.2, 0) is 0 Å². The van der Waals surface area contributed by atoms with Crippen molar-refractivity contribution in [2.45, 2.75) is 19.5 Å². The lowest BCUT2D eigenvalue weighted by Crippen LogP contribution is -2.57. The van der Waals surface area contributed by atoms with E-state index >= 15 is 0 Å². The fourth-order valence-electron chi connectivity index (χ4n) is 2.52. The summed E-state index contributed by atoms with van der Waals surface area (Å²) in [5, 5.41) is 5.16. The zero-order valence-corrected chi connectivity index (χ0v) is 15.2. The van der Waals surface area contributed by atoms with Crippen LogP contribution in [0.2, 0.25) is 5.02 Å². The Morgan fingerprint density at radius 1 is 1.29 bits per heavy atom. The number of fused-ring (bicyclic) bond motifs is 1. The first kappa shape index (κ1) is 16.8. The van der Waals surface area contributed by atoms with E-state index in [1.165, 1.54) is 5.01 Å². The predicted molar refractivity (Wildman–Crippen MR) is 96.9 cm³/mol. The van der Waals surface area contributed by atoms with Gasteiger partial charge in [-0.25, -0.2) is 5.01 Å². The summed E-state index contributed by atoms with van der Waals surface area (Å²) in [5.41, 5.74) is 4.38. The molecular formula is C17H15BrClN3O2. The van der Waals surface area contributed by atoms with E-state index in [1.807, 2.05) is 19.1 Å². The van der Waals surface area contributed by atoms with Crippen LogP contribution >= 0.6 is 27.5 Å². The van der Waals surface area contributed by atoms with E-state index in [0.29, 0.717) is 22.6 Å². The molecule has 3 rings (SSSR count). The summed E-state index contributed by atoms with van der Waals surface area (Å²) in [5.74, 6) is -0.613. The Hall–Kier alpha value is -2.05. The van der Waals surface area contributed by atoms with Gasteiger partial charge in [-0.15, -0.1) is 0 Å². The lowest BCUT2D eigenvalue weighted by atomic mass is 10.1. The SMILES string of the molecule is CCC1Nc2ccc(Br)cc2C(=O)N1NC(=O)c1ccc(Cl)cc1. The van der Waals surface area contributed by atoms with Crippen LogP contribution in [0.25, 0.3) is 0 Å². The van der Waals surface area contributed by atoms with Crippen LogP contribution < -0.4 is 10.7 Å². The molecule has 24 heavy (non-hydrogen) atoms. The third-order valence-electron chi connectivity index (χ3n) is 3.78. The van der Waals surface area contributed by atoms with E-state index < -0.39 is 0 Å². The minimum absolute atomic E-state index is 0.251. The molecule has 2 aromatic carbocycles. The van der Waals surface area contributed by atoms with Crippen molar-refractivity contribution < 1.29 is 9.59 Å². The number of benzene rings is 2. The average molecular weight is 409 g/mol. The van der Waals surface area contributed by atoms with Crippen LogP contribution in [0.3, 0.4) is 0 Å². The Balaban J connectivity index is 1.87. The Morgan fingerprint density at radius 3 is 2.67 bits per heavy atom. The van der Waals surface area contributed by atoms with E-state index in [0.717, 1.165) is 10.2 Å². The van der Waals surface area contributed by atoms with Gasteiger partial charge in [-0.05, 0) is 48.9 Å². The van der Waals surface area contributed by atoms with Gasteiger partial charge in [0.25, 0.3) is 11.8 Å². The normalized spacial score (nSPS) is 16.4. The maximum absolute atomic E-state index is 12.8. The van der Waals surface area contributed by atoms with Crippen LogP contribution in [-0.4, -0.2) is 23.0 Å². The Bertz CT molecular complexity index is 795. The van der Waals surface area contributed by atoms with Crippen molar-refractivity contribution in [2.24, 2.45) is 0 Å². The second kappa shape index (κ2) is 6.83. The number of carbonyl (C=O) groups is 2. The number of hydrazine groups is 1. The minimum Gasteiger partial charge on any atom is -0.363 e. The van der Waals surface area contributed by atoms with Gasteiger partial charge in [0, 0.05) is 20.7 Å². The molecule has 1 aliphatic rings. The van der Waals surface area contributed by atoms with Gasteiger partial charge in [0.2, 0.25) is 0 Å². The molecule has 0 aliphatic carbocycles. The molecule has 7 heteroatoms. The van der Waals surface area contributed by atoms with Gasteiger partial charge in [0.05, 0.1) is 5.56 Å². The molecule has 0 saturated heterocycles. The van der Waals surface area contributed by atoms with E-state index in [4.69, 9.17) is 11.6 Å². The van der Waals surface area contributed by atoms with Crippen LogP contribution in [0.5, 0.6) is 0 Å². The molecule has 0 aromatic heterocycles. The molecule has 2 aromatic rings. The molecule has 2 amide bonds. The Kier molecular flexibility index (Phi) is 4.78. The van der Waals surface area contributed by atoms with Gasteiger partial charge in [-0.1, -0.05) is 34.5 Å². The smallest absolute Gasteiger partial charge is 0.276 e. The van der Waals surface area contributed by atoms with Crippen molar-refractivity contribution in [3.63, 3.8) is 0 Å². The lowest BCUT2D eigenvalue weighted by molar-refractivity contribution is 0.0488. The van der Waals surface area contributed by atoms with Gasteiger partial charge in [0.15, 0.2) is 0 Å². The standard InChI is InChI=1S/C17H15BrClN3O2/c1-2-15-20-14-8-5-11(18)9-13(14)17(24)22(15)21-16(23)10-3-6-12(19)7-4-10/h3-9,15,20H,2H2,1H3,(H,21,23). The van der Waals surface area contributed by atoms with E-state index in [1.54, 1.807) is 30.3 Å². The Morgan fingerprint density at radius 2 is 2.00 bits per heavy atom. The first-order chi connectivity index (χ1) is 11.5. The number of halogens is 2. The number of rotatable bonds is 3. The molecule has 1 aliphatic heterocycles. The maximum atomic E-state index is 12.8. The highest BCUT2D eigenvalue weighted by molar-refractivity contribution is 9.10. The second-order valence-corrected chi connectivity index (χ2v) is 6.73. The summed E-state index contributed by atoms with van der Waals surface area (Å²) in [6.45, 7) is 1.94. The number of hydrogen-bond donors (Lipinski definition) is 2. The number of anilines is 1. The minimum atomic E-state index is -0.362.